The topological polar surface area (TPSA) is 61.9 Å². The van der Waals surface area contributed by atoms with Gasteiger partial charge in [-0.1, -0.05) is 36.4 Å². The van der Waals surface area contributed by atoms with Gasteiger partial charge in [0.15, 0.2) is 0 Å². The number of rotatable bonds is 5. The molecule has 6 heteroatoms. The molecule has 6 rings (SSSR count). The van der Waals surface area contributed by atoms with E-state index in [0.717, 1.165) is 87.1 Å². The van der Waals surface area contributed by atoms with Crippen LogP contribution in [0.3, 0.4) is 0 Å². The Balaban J connectivity index is 1.19. The fourth-order valence-electron chi connectivity index (χ4n) is 5.91. The maximum absolute atomic E-state index is 12.8. The van der Waals surface area contributed by atoms with Gasteiger partial charge in [-0.05, 0) is 100 Å². The summed E-state index contributed by atoms with van der Waals surface area (Å²) in [6, 6.07) is 16.2. The van der Waals surface area contributed by atoms with Crippen LogP contribution in [-0.2, 0) is 10.3 Å². The van der Waals surface area contributed by atoms with E-state index in [0.29, 0.717) is 5.92 Å². The molecule has 1 atom stereocenters. The zero-order chi connectivity index (χ0) is 25.1. The molecule has 4 fully saturated rings. The summed E-state index contributed by atoms with van der Waals surface area (Å²) >= 11 is 0. The molecule has 2 aromatic rings. The van der Waals surface area contributed by atoms with Crippen molar-refractivity contribution in [2.75, 3.05) is 32.7 Å². The summed E-state index contributed by atoms with van der Waals surface area (Å²) in [5.74, 6) is 0.615. The molecule has 0 aromatic heterocycles. The van der Waals surface area contributed by atoms with Crippen molar-refractivity contribution in [1.29, 1.82) is 0 Å². The molecule has 36 heavy (non-hydrogen) atoms. The van der Waals surface area contributed by atoms with Gasteiger partial charge in [-0.2, -0.15) is 0 Å². The van der Waals surface area contributed by atoms with Crippen LogP contribution in [0.1, 0.15) is 68.3 Å². The minimum atomic E-state index is -0.549. The van der Waals surface area contributed by atoms with Crippen molar-refractivity contribution in [3.05, 3.63) is 59.7 Å². The summed E-state index contributed by atoms with van der Waals surface area (Å²) in [5.41, 5.74) is 3.37. The first-order chi connectivity index (χ1) is 17.4. The van der Waals surface area contributed by atoms with E-state index in [1.807, 2.05) is 43.0 Å². The van der Waals surface area contributed by atoms with Crippen molar-refractivity contribution in [1.82, 2.24) is 15.1 Å². The summed E-state index contributed by atoms with van der Waals surface area (Å²) in [6.07, 6.45) is 6.26. The number of likely N-dealkylation sites (tertiary alicyclic amines) is 1. The van der Waals surface area contributed by atoms with Crippen LogP contribution in [0.4, 0.5) is 4.79 Å². The molecule has 2 amide bonds. The Bertz CT molecular complexity index is 1050. The highest BCUT2D eigenvalue weighted by molar-refractivity contribution is 5.94. The zero-order valence-electron chi connectivity index (χ0n) is 21.7. The molecule has 4 aliphatic heterocycles. The van der Waals surface area contributed by atoms with E-state index >= 15 is 0 Å². The van der Waals surface area contributed by atoms with Gasteiger partial charge in [-0.25, -0.2) is 4.79 Å². The molecule has 2 bridgehead atoms. The highest BCUT2D eigenvalue weighted by atomic mass is 16.6. The summed E-state index contributed by atoms with van der Waals surface area (Å²) in [5, 5.41) is 3.09. The van der Waals surface area contributed by atoms with Gasteiger partial charge in [-0.3, -0.25) is 4.79 Å². The molecular weight excluding hydrogens is 450 g/mol. The number of carbonyl (C=O) groups is 2. The number of amides is 2. The number of hydrogen-bond donors (Lipinski definition) is 1. The summed E-state index contributed by atoms with van der Waals surface area (Å²) in [4.78, 5) is 30.0. The minimum absolute atomic E-state index is 0.0143. The van der Waals surface area contributed by atoms with Gasteiger partial charge in [0.05, 0.1) is 5.54 Å². The number of ether oxygens (including phenoxy) is 1. The van der Waals surface area contributed by atoms with E-state index in [1.165, 1.54) is 6.42 Å². The number of nitrogens with zero attached hydrogens (tertiary/aromatic N) is 2. The van der Waals surface area contributed by atoms with Crippen LogP contribution in [0.25, 0.3) is 11.1 Å². The molecule has 0 saturated carbocycles. The lowest BCUT2D eigenvalue weighted by Gasteiger charge is -2.31. The van der Waals surface area contributed by atoms with Crippen molar-refractivity contribution in [3.63, 3.8) is 0 Å². The maximum Gasteiger partial charge on any atom is 0.408 e. The second-order valence-corrected chi connectivity index (χ2v) is 11.2. The quantitative estimate of drug-likeness (QED) is 0.609. The van der Waals surface area contributed by atoms with Crippen molar-refractivity contribution < 1.29 is 14.3 Å². The summed E-state index contributed by atoms with van der Waals surface area (Å²) in [7, 11) is 0. The molecule has 0 aliphatic carbocycles. The summed E-state index contributed by atoms with van der Waals surface area (Å²) in [6.45, 7) is 9.01. The van der Waals surface area contributed by atoms with Crippen molar-refractivity contribution >= 4 is 12.0 Å². The highest BCUT2D eigenvalue weighted by Crippen LogP contribution is 2.30. The molecule has 0 radical (unpaired) electrons. The van der Waals surface area contributed by atoms with Crippen LogP contribution < -0.4 is 5.32 Å². The Labute approximate surface area is 215 Å². The molecule has 192 valence electrons. The van der Waals surface area contributed by atoms with E-state index in [2.05, 4.69) is 34.5 Å². The molecule has 4 saturated heterocycles. The third-order valence-electron chi connectivity index (χ3n) is 8.28. The molecule has 6 nitrogen and oxygen atoms in total. The first-order valence-corrected chi connectivity index (χ1v) is 13.6. The van der Waals surface area contributed by atoms with Crippen LogP contribution in [-0.4, -0.2) is 60.6 Å². The summed E-state index contributed by atoms with van der Waals surface area (Å²) < 4.78 is 5.92. The van der Waals surface area contributed by atoms with Crippen LogP contribution in [0.15, 0.2) is 48.5 Å². The molecule has 0 spiro atoms. The van der Waals surface area contributed by atoms with Crippen LogP contribution in [0.5, 0.6) is 0 Å². The number of benzene rings is 2. The van der Waals surface area contributed by atoms with Crippen LogP contribution in [0.2, 0.25) is 0 Å². The standard InChI is InChI=1S/C30H39N3O3/c1-30(2,31-29(35)36-27-16-21-32-19-14-24(27)15-20-32)26-12-10-23(11-13-26)22-6-8-25(9-7-22)28(34)33-17-4-3-5-18-33/h6-13,24,27H,3-5,14-21H2,1-2H3,(H,31,35). The third-order valence-corrected chi connectivity index (χ3v) is 8.28. The van der Waals surface area contributed by atoms with Crippen molar-refractivity contribution in [2.45, 2.75) is 64.0 Å². The van der Waals surface area contributed by atoms with Gasteiger partial charge in [0.25, 0.3) is 5.91 Å². The lowest BCUT2D eigenvalue weighted by Crippen LogP contribution is -2.43. The number of alkyl carbamates (subject to hydrolysis) is 1. The van der Waals surface area contributed by atoms with E-state index < -0.39 is 5.54 Å². The van der Waals surface area contributed by atoms with Crippen molar-refractivity contribution in [3.8, 4) is 11.1 Å². The number of piperidine rings is 2. The van der Waals surface area contributed by atoms with Gasteiger partial charge < -0.3 is 19.9 Å². The Morgan fingerprint density at radius 1 is 0.806 bits per heavy atom. The van der Waals surface area contributed by atoms with Gasteiger partial charge in [0.1, 0.15) is 6.10 Å². The lowest BCUT2D eigenvalue weighted by atomic mass is 9.92. The number of carbonyl (C=O) groups excluding carboxylic acids is 2. The molecule has 1 unspecified atom stereocenters. The lowest BCUT2D eigenvalue weighted by molar-refractivity contribution is 0.0514. The Morgan fingerprint density at radius 3 is 2.03 bits per heavy atom. The Morgan fingerprint density at radius 2 is 1.39 bits per heavy atom. The van der Waals surface area contributed by atoms with Gasteiger partial charge in [0.2, 0.25) is 0 Å². The molecule has 4 aliphatic rings. The Kier molecular flexibility index (Phi) is 7.33. The normalized spacial score (nSPS) is 24.2. The van der Waals surface area contributed by atoms with Gasteiger partial charge in [0, 0.05) is 25.2 Å². The zero-order valence-corrected chi connectivity index (χ0v) is 21.7. The number of nitrogens with one attached hydrogen (secondary N) is 1. The van der Waals surface area contributed by atoms with Crippen molar-refractivity contribution in [2.24, 2.45) is 5.92 Å². The largest absolute Gasteiger partial charge is 0.446 e. The Hall–Kier alpha value is -2.86. The average molecular weight is 490 g/mol. The minimum Gasteiger partial charge on any atom is -0.446 e. The highest BCUT2D eigenvalue weighted by Gasteiger charge is 2.34. The number of hydrogen-bond acceptors (Lipinski definition) is 4. The molecule has 4 heterocycles. The van der Waals surface area contributed by atoms with Gasteiger partial charge >= 0.3 is 6.09 Å². The average Bonchev–Trinajstić information content (AvgIpc) is 3.21. The second-order valence-electron chi connectivity index (χ2n) is 11.2. The maximum atomic E-state index is 12.8. The second kappa shape index (κ2) is 10.6. The smallest absolute Gasteiger partial charge is 0.408 e. The first-order valence-electron chi connectivity index (χ1n) is 13.6. The van der Waals surface area contributed by atoms with Gasteiger partial charge in [-0.15, -0.1) is 0 Å². The fourth-order valence-corrected chi connectivity index (χ4v) is 5.91. The monoisotopic (exact) mass is 489 g/mol. The SMILES string of the molecule is CC(C)(NC(=O)OC1CCN2CCC1CC2)c1ccc(-c2ccc(C(=O)N3CCCCC3)cc2)cc1. The van der Waals surface area contributed by atoms with Crippen LogP contribution >= 0.6 is 0 Å². The van der Waals surface area contributed by atoms with E-state index in [4.69, 9.17) is 4.74 Å². The first kappa shape index (κ1) is 24.8. The molecule has 1 N–H and O–H groups in total. The number of fused-ring (bicyclic) bond motifs is 4. The third kappa shape index (κ3) is 5.59. The van der Waals surface area contributed by atoms with E-state index in [-0.39, 0.29) is 18.1 Å². The molecular formula is C30H39N3O3. The fraction of sp³-hybridized carbons (Fsp3) is 0.533. The predicted molar refractivity (Wildman–Crippen MR) is 142 cm³/mol. The van der Waals surface area contributed by atoms with E-state index in [1.54, 1.807) is 0 Å². The van der Waals surface area contributed by atoms with Crippen LogP contribution in [0, 0.1) is 5.92 Å². The van der Waals surface area contributed by atoms with E-state index in [9.17, 15) is 9.59 Å². The molecule has 2 aromatic carbocycles. The predicted octanol–water partition coefficient (Wildman–Crippen LogP) is 5.43.